The summed E-state index contributed by atoms with van der Waals surface area (Å²) in [6, 6.07) is 11.2. The fourth-order valence-electron chi connectivity index (χ4n) is 1.69. The summed E-state index contributed by atoms with van der Waals surface area (Å²) in [6.07, 6.45) is 0. The lowest BCUT2D eigenvalue weighted by atomic mass is 10.1. The maximum Gasteiger partial charge on any atom is 0.338 e. The zero-order valence-corrected chi connectivity index (χ0v) is 12.3. The third-order valence-electron chi connectivity index (χ3n) is 2.70. The molecule has 0 bridgehead atoms. The van der Waals surface area contributed by atoms with Crippen LogP contribution in [-0.2, 0) is 11.3 Å². The number of carbonyl (C=O) groups is 1. The molecule has 0 saturated heterocycles. The molecule has 0 atom stereocenters. The van der Waals surface area contributed by atoms with Crippen LogP contribution < -0.4 is 5.73 Å². The summed E-state index contributed by atoms with van der Waals surface area (Å²) >= 11 is 11.8. The van der Waals surface area contributed by atoms with Gasteiger partial charge < -0.3 is 10.5 Å². The number of benzene rings is 2. The summed E-state index contributed by atoms with van der Waals surface area (Å²) in [4.78, 5) is 11.9. The fourth-order valence-corrected chi connectivity index (χ4v) is 2.17. The van der Waals surface area contributed by atoms with Crippen LogP contribution >= 0.6 is 23.2 Å². The number of hydrogen-bond donors (Lipinski definition) is 1. The molecule has 0 spiro atoms. The molecule has 0 unspecified atom stereocenters. The van der Waals surface area contributed by atoms with Crippen molar-refractivity contribution in [1.29, 1.82) is 5.26 Å². The van der Waals surface area contributed by atoms with E-state index >= 15 is 0 Å². The van der Waals surface area contributed by atoms with E-state index in [4.69, 9.17) is 38.9 Å². The lowest BCUT2D eigenvalue weighted by Crippen LogP contribution is -2.06. The number of nitriles is 1. The zero-order chi connectivity index (χ0) is 15.4. The molecule has 0 aliphatic carbocycles. The van der Waals surface area contributed by atoms with Crippen LogP contribution in [0.2, 0.25) is 10.0 Å². The second-order valence-electron chi connectivity index (χ2n) is 4.27. The van der Waals surface area contributed by atoms with E-state index in [1.807, 2.05) is 6.07 Å². The van der Waals surface area contributed by atoms with Crippen molar-refractivity contribution in [2.45, 2.75) is 6.61 Å². The first-order valence-electron chi connectivity index (χ1n) is 5.91. The highest BCUT2D eigenvalue weighted by molar-refractivity contribution is 6.31. The Labute approximate surface area is 131 Å². The van der Waals surface area contributed by atoms with Gasteiger partial charge in [0.15, 0.2) is 0 Å². The lowest BCUT2D eigenvalue weighted by Gasteiger charge is -2.08. The number of nitrogens with zero attached hydrogens (tertiary/aromatic N) is 1. The Balaban J connectivity index is 2.09. The molecule has 4 nitrogen and oxygen atoms in total. The van der Waals surface area contributed by atoms with E-state index in [0.29, 0.717) is 26.9 Å². The van der Waals surface area contributed by atoms with Crippen molar-refractivity contribution in [2.24, 2.45) is 0 Å². The summed E-state index contributed by atoms with van der Waals surface area (Å²) in [7, 11) is 0. The SMILES string of the molecule is N#Cc1ccc(COC(=O)c2cc(N)cc(Cl)c2)c(Cl)c1. The molecule has 2 N–H and O–H groups in total. The first-order valence-corrected chi connectivity index (χ1v) is 6.67. The fraction of sp³-hybridized carbons (Fsp3) is 0.0667. The highest BCUT2D eigenvalue weighted by atomic mass is 35.5. The topological polar surface area (TPSA) is 76.1 Å². The summed E-state index contributed by atoms with van der Waals surface area (Å²) in [6.45, 7) is -0.00417. The van der Waals surface area contributed by atoms with Crippen LogP contribution in [0, 0.1) is 11.3 Å². The Bertz CT molecular complexity index is 719. The number of rotatable bonds is 3. The molecule has 2 aromatic carbocycles. The number of ether oxygens (including phenoxy) is 1. The largest absolute Gasteiger partial charge is 0.457 e. The Hall–Kier alpha value is -2.22. The van der Waals surface area contributed by atoms with Gasteiger partial charge in [0.1, 0.15) is 6.61 Å². The van der Waals surface area contributed by atoms with Crippen molar-refractivity contribution in [3.8, 4) is 6.07 Å². The van der Waals surface area contributed by atoms with Gasteiger partial charge in [-0.05, 0) is 30.3 Å². The molecule has 0 radical (unpaired) electrons. The Kier molecular flexibility index (Phi) is 4.69. The molecule has 0 aliphatic rings. The van der Waals surface area contributed by atoms with Crippen molar-refractivity contribution in [3.63, 3.8) is 0 Å². The normalized spacial score (nSPS) is 9.95. The van der Waals surface area contributed by atoms with Gasteiger partial charge in [-0.3, -0.25) is 0 Å². The molecule has 0 fully saturated rings. The third kappa shape index (κ3) is 3.88. The average Bonchev–Trinajstić information content (AvgIpc) is 2.44. The van der Waals surface area contributed by atoms with Crippen LogP contribution in [0.1, 0.15) is 21.5 Å². The summed E-state index contributed by atoms with van der Waals surface area (Å²) in [5.41, 5.74) is 7.32. The molecule has 106 valence electrons. The third-order valence-corrected chi connectivity index (χ3v) is 3.27. The van der Waals surface area contributed by atoms with Crippen LogP contribution in [0.4, 0.5) is 5.69 Å². The van der Waals surface area contributed by atoms with Crippen molar-refractivity contribution in [2.75, 3.05) is 5.73 Å². The number of anilines is 1. The van der Waals surface area contributed by atoms with Crippen molar-refractivity contribution >= 4 is 34.9 Å². The molecule has 2 rings (SSSR count). The average molecular weight is 321 g/mol. The monoisotopic (exact) mass is 320 g/mol. The van der Waals surface area contributed by atoms with Gasteiger partial charge in [-0.15, -0.1) is 0 Å². The van der Waals surface area contributed by atoms with Crippen molar-refractivity contribution in [3.05, 3.63) is 63.1 Å². The number of halogens is 2. The molecule has 0 amide bonds. The number of esters is 1. The molecule has 21 heavy (non-hydrogen) atoms. The highest BCUT2D eigenvalue weighted by Gasteiger charge is 2.11. The van der Waals surface area contributed by atoms with Crippen LogP contribution in [0.5, 0.6) is 0 Å². The standard InChI is InChI=1S/C15H10Cl2N2O2/c16-12-4-11(5-13(19)6-12)15(20)21-8-10-2-1-9(7-18)3-14(10)17/h1-6H,8,19H2. The van der Waals surface area contributed by atoms with E-state index in [9.17, 15) is 4.79 Å². The number of carbonyl (C=O) groups excluding carboxylic acids is 1. The first kappa shape index (κ1) is 15.2. The predicted molar refractivity (Wildman–Crippen MR) is 81.2 cm³/mol. The Morgan fingerprint density at radius 1 is 1.24 bits per heavy atom. The summed E-state index contributed by atoms with van der Waals surface area (Å²) in [5, 5.41) is 9.48. The minimum Gasteiger partial charge on any atom is -0.457 e. The number of nitrogen functional groups attached to an aromatic ring is 1. The lowest BCUT2D eigenvalue weighted by molar-refractivity contribution is 0.0473. The summed E-state index contributed by atoms with van der Waals surface area (Å²) in [5.74, 6) is -0.551. The first-order chi connectivity index (χ1) is 9.99. The zero-order valence-electron chi connectivity index (χ0n) is 10.8. The minimum atomic E-state index is -0.551. The minimum absolute atomic E-state index is 0.00417. The van der Waals surface area contributed by atoms with Gasteiger partial charge in [0.05, 0.1) is 17.2 Å². The molecule has 0 aliphatic heterocycles. The van der Waals surface area contributed by atoms with Gasteiger partial charge in [-0.1, -0.05) is 29.3 Å². The number of nitrogens with two attached hydrogens (primary N) is 1. The molecule has 2 aromatic rings. The maximum absolute atomic E-state index is 11.9. The molecule has 0 heterocycles. The van der Waals surface area contributed by atoms with Crippen LogP contribution in [0.15, 0.2) is 36.4 Å². The predicted octanol–water partition coefficient (Wildman–Crippen LogP) is 3.80. The second kappa shape index (κ2) is 6.49. The maximum atomic E-state index is 11.9. The van der Waals surface area contributed by atoms with Crippen LogP contribution in [-0.4, -0.2) is 5.97 Å². The van der Waals surface area contributed by atoms with Crippen molar-refractivity contribution < 1.29 is 9.53 Å². The molecule has 0 saturated carbocycles. The number of hydrogen-bond acceptors (Lipinski definition) is 4. The van der Waals surface area contributed by atoms with Gasteiger partial charge in [-0.25, -0.2) is 4.79 Å². The highest BCUT2D eigenvalue weighted by Crippen LogP contribution is 2.21. The molecule has 0 aromatic heterocycles. The van der Waals surface area contributed by atoms with E-state index in [0.717, 1.165) is 0 Å². The van der Waals surface area contributed by atoms with Gasteiger partial charge in [0.2, 0.25) is 0 Å². The van der Waals surface area contributed by atoms with Gasteiger partial charge in [-0.2, -0.15) is 5.26 Å². The molecule has 6 heteroatoms. The van der Waals surface area contributed by atoms with Gasteiger partial charge in [0, 0.05) is 21.3 Å². The van der Waals surface area contributed by atoms with Gasteiger partial charge in [0.25, 0.3) is 0 Å². The smallest absolute Gasteiger partial charge is 0.338 e. The van der Waals surface area contributed by atoms with E-state index in [1.54, 1.807) is 12.1 Å². The van der Waals surface area contributed by atoms with Crippen molar-refractivity contribution in [1.82, 2.24) is 0 Å². The summed E-state index contributed by atoms with van der Waals surface area (Å²) < 4.78 is 5.16. The Morgan fingerprint density at radius 3 is 2.62 bits per heavy atom. The quantitative estimate of drug-likeness (QED) is 0.689. The Morgan fingerprint density at radius 2 is 2.00 bits per heavy atom. The van der Waals surface area contributed by atoms with E-state index in [2.05, 4.69) is 0 Å². The van der Waals surface area contributed by atoms with E-state index < -0.39 is 5.97 Å². The van der Waals surface area contributed by atoms with Gasteiger partial charge >= 0.3 is 5.97 Å². The second-order valence-corrected chi connectivity index (χ2v) is 5.11. The molecular formula is C15H10Cl2N2O2. The van der Waals surface area contributed by atoms with E-state index in [1.165, 1.54) is 24.3 Å². The van der Waals surface area contributed by atoms with Crippen LogP contribution in [0.3, 0.4) is 0 Å². The molecular weight excluding hydrogens is 311 g/mol. The van der Waals surface area contributed by atoms with E-state index in [-0.39, 0.29) is 12.2 Å². The van der Waals surface area contributed by atoms with Crippen LogP contribution in [0.25, 0.3) is 0 Å².